The fourth-order valence-corrected chi connectivity index (χ4v) is 6.12. The van der Waals surface area contributed by atoms with Crippen LogP contribution in [-0.4, -0.2) is 80.1 Å². The Balaban J connectivity index is 1.17. The van der Waals surface area contributed by atoms with Crippen LogP contribution in [0, 0.1) is 5.82 Å². The van der Waals surface area contributed by atoms with Gasteiger partial charge >= 0.3 is 12.2 Å². The second-order valence-corrected chi connectivity index (χ2v) is 11.8. The summed E-state index contributed by atoms with van der Waals surface area (Å²) in [4.78, 5) is 30.5. The molecule has 1 atom stereocenters. The fraction of sp³-hybridized carbons (Fsp3) is 0.406. The Hall–Kier alpha value is -4.27. The molecule has 46 heavy (non-hydrogen) atoms. The third-order valence-corrected chi connectivity index (χ3v) is 8.57. The molecule has 5 heterocycles. The van der Waals surface area contributed by atoms with Crippen LogP contribution >= 0.6 is 0 Å². The summed E-state index contributed by atoms with van der Waals surface area (Å²) in [6, 6.07) is 6.61. The second kappa shape index (κ2) is 12.9. The van der Waals surface area contributed by atoms with Crippen molar-refractivity contribution in [1.29, 1.82) is 0 Å². The number of anilines is 1. The van der Waals surface area contributed by atoms with Crippen LogP contribution in [0.25, 0.3) is 11.0 Å². The summed E-state index contributed by atoms with van der Waals surface area (Å²) in [7, 11) is 0. The number of hydrogen-bond acceptors (Lipinski definition) is 7. The van der Waals surface area contributed by atoms with E-state index in [0.29, 0.717) is 41.9 Å². The Morgan fingerprint density at radius 2 is 1.87 bits per heavy atom. The number of urea groups is 1. The Labute approximate surface area is 263 Å². The fourth-order valence-electron chi connectivity index (χ4n) is 6.12. The number of aromatic nitrogens is 3. The molecule has 4 aromatic rings. The van der Waals surface area contributed by atoms with E-state index in [9.17, 15) is 27.5 Å². The predicted molar refractivity (Wildman–Crippen MR) is 163 cm³/mol. The lowest BCUT2D eigenvalue weighted by molar-refractivity contribution is -0.138. The van der Waals surface area contributed by atoms with Crippen molar-refractivity contribution in [3.63, 3.8) is 0 Å². The molecule has 2 amide bonds. The molecule has 244 valence electrons. The highest BCUT2D eigenvalue weighted by Gasteiger charge is 2.35. The first kappa shape index (κ1) is 31.7. The SMILES string of the molecule is CCN1CCN(Cc2ccc(NC(=O)N3Cc4cc(Oc5c(F)cnc6[nH]c(CO)cc56)cnc4[C@@H](C)C3)cc2C(F)(F)F)CC1. The van der Waals surface area contributed by atoms with Gasteiger partial charge in [0.25, 0.3) is 0 Å². The van der Waals surface area contributed by atoms with Gasteiger partial charge in [0.2, 0.25) is 0 Å². The summed E-state index contributed by atoms with van der Waals surface area (Å²) in [5, 5.41) is 12.4. The number of nitrogens with one attached hydrogen (secondary N) is 2. The smallest absolute Gasteiger partial charge is 0.416 e. The number of amides is 2. The summed E-state index contributed by atoms with van der Waals surface area (Å²) < 4.78 is 63.0. The predicted octanol–water partition coefficient (Wildman–Crippen LogP) is 5.69. The molecule has 0 aliphatic carbocycles. The first-order valence-corrected chi connectivity index (χ1v) is 15.2. The molecule has 2 aliphatic rings. The molecule has 0 radical (unpaired) electrons. The van der Waals surface area contributed by atoms with Crippen molar-refractivity contribution in [1.82, 2.24) is 29.7 Å². The lowest BCUT2D eigenvalue weighted by atomic mass is 9.96. The van der Waals surface area contributed by atoms with E-state index in [0.717, 1.165) is 37.6 Å². The first-order chi connectivity index (χ1) is 22.0. The van der Waals surface area contributed by atoms with Crippen molar-refractivity contribution in [3.8, 4) is 11.5 Å². The molecule has 0 spiro atoms. The van der Waals surface area contributed by atoms with Crippen LogP contribution in [0.2, 0.25) is 0 Å². The maximum Gasteiger partial charge on any atom is 0.416 e. The van der Waals surface area contributed by atoms with Crippen LogP contribution in [0.3, 0.4) is 0 Å². The molecule has 0 saturated carbocycles. The number of benzene rings is 1. The zero-order valence-corrected chi connectivity index (χ0v) is 25.5. The molecule has 2 aliphatic heterocycles. The number of carbonyl (C=O) groups is 1. The van der Waals surface area contributed by atoms with Crippen LogP contribution in [0.4, 0.5) is 28.0 Å². The van der Waals surface area contributed by atoms with Crippen LogP contribution in [0.5, 0.6) is 11.5 Å². The lowest BCUT2D eigenvalue weighted by Gasteiger charge is -2.34. The van der Waals surface area contributed by atoms with Crippen molar-refractivity contribution < 1.29 is 32.2 Å². The van der Waals surface area contributed by atoms with Crippen LogP contribution in [0.1, 0.15) is 47.8 Å². The van der Waals surface area contributed by atoms with Gasteiger partial charge in [-0.05, 0) is 41.9 Å². The van der Waals surface area contributed by atoms with E-state index < -0.39 is 23.6 Å². The number of carbonyl (C=O) groups excluding carboxylic acids is 1. The first-order valence-electron chi connectivity index (χ1n) is 15.2. The Kier molecular flexibility index (Phi) is 8.86. The van der Waals surface area contributed by atoms with Gasteiger partial charge in [0.15, 0.2) is 11.6 Å². The number of aliphatic hydroxyl groups is 1. The van der Waals surface area contributed by atoms with Crippen LogP contribution in [0.15, 0.2) is 42.7 Å². The van der Waals surface area contributed by atoms with Crippen molar-refractivity contribution in [2.24, 2.45) is 0 Å². The summed E-state index contributed by atoms with van der Waals surface area (Å²) in [5.41, 5.74) is 1.65. The molecular weight excluding hydrogens is 606 g/mol. The molecule has 6 rings (SSSR count). The van der Waals surface area contributed by atoms with E-state index in [-0.39, 0.29) is 48.4 Å². The Morgan fingerprint density at radius 1 is 1.11 bits per heavy atom. The summed E-state index contributed by atoms with van der Waals surface area (Å²) in [6.07, 6.45) is -2.10. The van der Waals surface area contributed by atoms with Gasteiger partial charge in [-0.25, -0.2) is 14.2 Å². The molecule has 0 bridgehead atoms. The highest BCUT2D eigenvalue weighted by molar-refractivity contribution is 5.89. The molecular formula is C32H35F4N7O3. The van der Waals surface area contributed by atoms with Crippen molar-refractivity contribution in [3.05, 3.63) is 76.6 Å². The monoisotopic (exact) mass is 641 g/mol. The van der Waals surface area contributed by atoms with Crippen LogP contribution in [-0.2, 0) is 25.9 Å². The summed E-state index contributed by atoms with van der Waals surface area (Å²) in [6.45, 7) is 8.21. The number of aliphatic hydroxyl groups excluding tert-OH is 1. The number of likely N-dealkylation sites (N-methyl/N-ethyl adjacent to an activating group) is 1. The molecule has 1 fully saturated rings. The Morgan fingerprint density at radius 3 is 2.59 bits per heavy atom. The number of alkyl halides is 3. The van der Waals surface area contributed by atoms with Gasteiger partial charge in [-0.1, -0.05) is 19.9 Å². The topological polar surface area (TPSA) is 110 Å². The third kappa shape index (κ3) is 6.64. The quantitative estimate of drug-likeness (QED) is 0.223. The van der Waals surface area contributed by atoms with E-state index >= 15 is 0 Å². The van der Waals surface area contributed by atoms with E-state index in [1.165, 1.54) is 23.2 Å². The van der Waals surface area contributed by atoms with Crippen molar-refractivity contribution >= 4 is 22.8 Å². The third-order valence-electron chi connectivity index (χ3n) is 8.57. The Bertz CT molecular complexity index is 1740. The molecule has 3 aromatic heterocycles. The molecule has 14 heteroatoms. The van der Waals surface area contributed by atoms with Gasteiger partial charge in [-0.2, -0.15) is 13.2 Å². The molecule has 3 N–H and O–H groups in total. The summed E-state index contributed by atoms with van der Waals surface area (Å²) >= 11 is 0. The maximum atomic E-state index is 14.7. The number of pyridine rings is 2. The average Bonchev–Trinajstić information content (AvgIpc) is 3.47. The number of rotatable bonds is 7. The molecule has 10 nitrogen and oxygen atoms in total. The van der Waals surface area contributed by atoms with Gasteiger partial charge in [0.05, 0.1) is 35.6 Å². The highest BCUT2D eigenvalue weighted by Crippen LogP contribution is 2.37. The normalized spacial score (nSPS) is 17.7. The van der Waals surface area contributed by atoms with Gasteiger partial charge in [-0.15, -0.1) is 0 Å². The maximum absolute atomic E-state index is 14.7. The van der Waals surface area contributed by atoms with Gasteiger partial charge in [0.1, 0.15) is 11.4 Å². The number of aromatic amines is 1. The van der Waals surface area contributed by atoms with E-state index in [1.807, 2.05) is 11.8 Å². The van der Waals surface area contributed by atoms with Gasteiger partial charge in [-0.3, -0.25) is 9.88 Å². The van der Waals surface area contributed by atoms with E-state index in [2.05, 4.69) is 32.1 Å². The minimum Gasteiger partial charge on any atom is -0.452 e. The van der Waals surface area contributed by atoms with Gasteiger partial charge < -0.3 is 29.9 Å². The van der Waals surface area contributed by atoms with E-state index in [1.54, 1.807) is 12.1 Å². The molecule has 1 saturated heterocycles. The van der Waals surface area contributed by atoms with Crippen LogP contribution < -0.4 is 10.1 Å². The zero-order valence-electron chi connectivity index (χ0n) is 25.5. The minimum absolute atomic E-state index is 0.0523. The highest BCUT2D eigenvalue weighted by atomic mass is 19.4. The minimum atomic E-state index is -4.58. The number of H-pyrrole nitrogens is 1. The van der Waals surface area contributed by atoms with E-state index in [4.69, 9.17) is 4.74 Å². The zero-order chi connectivity index (χ0) is 32.6. The lowest BCUT2D eigenvalue weighted by Crippen LogP contribution is -2.45. The van der Waals surface area contributed by atoms with Crippen molar-refractivity contribution in [2.75, 3.05) is 44.6 Å². The number of nitrogens with zero attached hydrogens (tertiary/aromatic N) is 5. The van der Waals surface area contributed by atoms with Gasteiger partial charge in [0, 0.05) is 63.1 Å². The second-order valence-electron chi connectivity index (χ2n) is 11.8. The number of halogens is 4. The average molecular weight is 642 g/mol. The molecule has 0 unspecified atom stereocenters. The number of hydrogen-bond donors (Lipinski definition) is 3. The largest absolute Gasteiger partial charge is 0.452 e. The number of ether oxygens (including phenoxy) is 1. The number of fused-ring (bicyclic) bond motifs is 2. The number of piperazine rings is 1. The van der Waals surface area contributed by atoms with Crippen molar-refractivity contribution in [2.45, 2.75) is 45.6 Å². The molecule has 1 aromatic carbocycles. The standard InChI is InChI=1S/C32H35F4N7O3/c1-3-41-6-8-42(9-7-41)16-20-4-5-22(12-26(20)32(34,35)36)40-31(45)43-15-19(2)28-21(17-43)10-24(13-37-28)46-29-25-11-23(18-44)39-30(25)38-14-27(29)33/h4-5,10-14,19,44H,3,6-9,15-18H2,1-2H3,(H,38,39)(H,40,45)/t19-/m0/s1. The summed E-state index contributed by atoms with van der Waals surface area (Å²) in [5.74, 6) is -0.737.